The van der Waals surface area contributed by atoms with Crippen LogP contribution in [0.3, 0.4) is 0 Å². The smallest absolute Gasteiger partial charge is 0.0541 e. The molecule has 2 aromatic rings. The second kappa shape index (κ2) is 7.61. The lowest BCUT2D eigenvalue weighted by Gasteiger charge is -2.22. The predicted octanol–water partition coefficient (Wildman–Crippen LogP) is 5.82. The van der Waals surface area contributed by atoms with Crippen LogP contribution in [-0.2, 0) is 6.42 Å². The zero-order valence-electron chi connectivity index (χ0n) is 13.7. The Hall–Kier alpha value is -1.16. The van der Waals surface area contributed by atoms with Crippen molar-refractivity contribution < 1.29 is 0 Å². The molecule has 0 bridgehead atoms. The molecule has 2 nitrogen and oxygen atoms in total. The maximum Gasteiger partial charge on any atom is 0.0541 e. The molecule has 0 aromatic heterocycles. The average Bonchev–Trinajstić information content (AvgIpc) is 2.57. The maximum atomic E-state index is 6.51. The Kier molecular flexibility index (Phi) is 5.52. The van der Waals surface area contributed by atoms with E-state index in [1.54, 1.807) is 0 Å². The van der Waals surface area contributed by atoms with E-state index in [0.717, 1.165) is 48.9 Å². The number of fused-ring (bicyclic) bond motifs is 2. The summed E-state index contributed by atoms with van der Waals surface area (Å²) in [4.78, 5) is 5.00. The molecule has 0 radical (unpaired) electrons. The van der Waals surface area contributed by atoms with Crippen molar-refractivity contribution in [2.45, 2.75) is 36.5 Å². The number of halogens is 1. The quantitative estimate of drug-likeness (QED) is 0.605. The maximum absolute atomic E-state index is 6.51. The van der Waals surface area contributed by atoms with Crippen LogP contribution in [0.5, 0.6) is 0 Å². The van der Waals surface area contributed by atoms with E-state index in [4.69, 9.17) is 11.6 Å². The summed E-state index contributed by atoms with van der Waals surface area (Å²) >= 11 is 8.33. The first-order valence-corrected chi connectivity index (χ1v) is 9.49. The fraction of sp³-hybridized carbons (Fsp3) is 0.368. The molecule has 0 atom stereocenters. The van der Waals surface area contributed by atoms with Crippen molar-refractivity contribution >= 4 is 34.7 Å². The van der Waals surface area contributed by atoms with Crippen molar-refractivity contribution in [2.24, 2.45) is 0 Å². The van der Waals surface area contributed by atoms with E-state index in [2.05, 4.69) is 60.5 Å². The molecule has 4 heteroatoms. The minimum atomic E-state index is 0.871. The summed E-state index contributed by atoms with van der Waals surface area (Å²) in [6.45, 7) is 7.80. The van der Waals surface area contributed by atoms with Crippen molar-refractivity contribution in [1.29, 1.82) is 0 Å². The van der Waals surface area contributed by atoms with Gasteiger partial charge in [0.15, 0.2) is 0 Å². The summed E-state index contributed by atoms with van der Waals surface area (Å²) in [5.74, 6) is 0. The van der Waals surface area contributed by atoms with E-state index in [-0.39, 0.29) is 0 Å². The monoisotopic (exact) mass is 346 g/mol. The number of aryl methyl sites for hydroxylation is 1. The summed E-state index contributed by atoms with van der Waals surface area (Å²) in [5.41, 5.74) is 3.53. The first-order chi connectivity index (χ1) is 11.2. The van der Waals surface area contributed by atoms with E-state index >= 15 is 0 Å². The molecule has 1 aliphatic heterocycles. The highest BCUT2D eigenvalue weighted by Gasteiger charge is 2.17. The van der Waals surface area contributed by atoms with E-state index in [1.165, 1.54) is 15.4 Å². The Bertz CT molecular complexity index is 683. The number of nitrogens with one attached hydrogen (secondary N) is 1. The molecule has 1 N–H and O–H groups in total. The fourth-order valence-corrected chi connectivity index (χ4v) is 4.22. The topological polar surface area (TPSA) is 15.3 Å². The molecule has 0 unspecified atom stereocenters. The lowest BCUT2D eigenvalue weighted by atomic mass is 10.1. The highest BCUT2D eigenvalue weighted by molar-refractivity contribution is 7.99. The van der Waals surface area contributed by atoms with Gasteiger partial charge in [0.25, 0.3) is 0 Å². The normalized spacial score (nSPS) is 12.7. The predicted molar refractivity (Wildman–Crippen MR) is 101 cm³/mol. The van der Waals surface area contributed by atoms with Gasteiger partial charge < -0.3 is 10.2 Å². The standard InChI is InChI=1S/C19H23ClN2S/c1-3-22(4-2)11-7-8-14-12-19-17(13-15(14)20)21-16-9-5-6-10-18(16)23-19/h5-6,9-10,12-13,21H,3-4,7-8,11H2,1-2H3. The van der Waals surface area contributed by atoms with Crippen LogP contribution in [0.15, 0.2) is 46.2 Å². The van der Waals surface area contributed by atoms with Gasteiger partial charge >= 0.3 is 0 Å². The Morgan fingerprint density at radius 1 is 1.04 bits per heavy atom. The van der Waals surface area contributed by atoms with Crippen LogP contribution < -0.4 is 5.32 Å². The van der Waals surface area contributed by atoms with Crippen LogP contribution in [0.4, 0.5) is 11.4 Å². The van der Waals surface area contributed by atoms with Crippen molar-refractivity contribution in [3.8, 4) is 0 Å². The van der Waals surface area contributed by atoms with Crippen LogP contribution in [0.25, 0.3) is 0 Å². The molecule has 0 aliphatic carbocycles. The Labute approximate surface area is 148 Å². The molecule has 0 fully saturated rings. The molecule has 1 aliphatic rings. The molecule has 3 rings (SSSR count). The molecule has 0 spiro atoms. The molecule has 122 valence electrons. The Morgan fingerprint density at radius 3 is 2.61 bits per heavy atom. The summed E-state index contributed by atoms with van der Waals surface area (Å²) in [6, 6.07) is 12.7. The van der Waals surface area contributed by atoms with Gasteiger partial charge in [0.1, 0.15) is 0 Å². The number of hydrogen-bond acceptors (Lipinski definition) is 3. The minimum absolute atomic E-state index is 0.871. The molecule has 23 heavy (non-hydrogen) atoms. The van der Waals surface area contributed by atoms with Crippen molar-refractivity contribution in [2.75, 3.05) is 25.0 Å². The molecule has 2 aromatic carbocycles. The van der Waals surface area contributed by atoms with E-state index in [0.29, 0.717) is 0 Å². The van der Waals surface area contributed by atoms with Crippen molar-refractivity contribution in [1.82, 2.24) is 4.90 Å². The largest absolute Gasteiger partial charge is 0.354 e. The number of nitrogens with zero attached hydrogens (tertiary/aromatic N) is 1. The number of anilines is 2. The van der Waals surface area contributed by atoms with Crippen LogP contribution >= 0.6 is 23.4 Å². The van der Waals surface area contributed by atoms with Crippen LogP contribution in [-0.4, -0.2) is 24.5 Å². The molecule has 0 saturated heterocycles. The SMILES string of the molecule is CCN(CC)CCCc1cc2c(cc1Cl)Nc1ccccc1S2. The Morgan fingerprint density at radius 2 is 1.83 bits per heavy atom. The highest BCUT2D eigenvalue weighted by atomic mass is 35.5. The number of rotatable bonds is 6. The van der Waals surface area contributed by atoms with Gasteiger partial charge in [0.2, 0.25) is 0 Å². The van der Waals surface area contributed by atoms with E-state index in [9.17, 15) is 0 Å². The lowest BCUT2D eigenvalue weighted by Crippen LogP contribution is -2.24. The van der Waals surface area contributed by atoms with Gasteiger partial charge in [-0.05, 0) is 62.3 Å². The lowest BCUT2D eigenvalue weighted by molar-refractivity contribution is 0.300. The summed E-state index contributed by atoms with van der Waals surface area (Å²) < 4.78 is 0. The third-order valence-electron chi connectivity index (χ3n) is 4.34. The zero-order chi connectivity index (χ0) is 16.2. The molecular formula is C19H23ClN2S. The molecular weight excluding hydrogens is 324 g/mol. The fourth-order valence-electron chi connectivity index (χ4n) is 2.92. The molecule has 0 saturated carbocycles. The van der Waals surface area contributed by atoms with Gasteiger partial charge in [-0.1, -0.05) is 49.3 Å². The first kappa shape index (κ1) is 16.7. The molecule has 0 amide bonds. The van der Waals surface area contributed by atoms with E-state index in [1.807, 2.05) is 11.8 Å². The summed E-state index contributed by atoms with van der Waals surface area (Å²) in [5, 5.41) is 4.36. The van der Waals surface area contributed by atoms with Crippen molar-refractivity contribution in [3.05, 3.63) is 47.0 Å². The van der Waals surface area contributed by atoms with Gasteiger partial charge in [-0.25, -0.2) is 0 Å². The van der Waals surface area contributed by atoms with Gasteiger partial charge in [0, 0.05) is 14.8 Å². The average molecular weight is 347 g/mol. The second-order valence-corrected chi connectivity index (χ2v) is 7.28. The number of para-hydroxylation sites is 1. The third-order valence-corrected chi connectivity index (χ3v) is 5.83. The van der Waals surface area contributed by atoms with Gasteiger partial charge in [0.05, 0.1) is 11.4 Å². The van der Waals surface area contributed by atoms with Crippen LogP contribution in [0.2, 0.25) is 5.02 Å². The second-order valence-electron chi connectivity index (χ2n) is 5.79. The third kappa shape index (κ3) is 3.85. The van der Waals surface area contributed by atoms with Gasteiger partial charge in [-0.2, -0.15) is 0 Å². The van der Waals surface area contributed by atoms with Crippen molar-refractivity contribution in [3.63, 3.8) is 0 Å². The zero-order valence-corrected chi connectivity index (χ0v) is 15.3. The van der Waals surface area contributed by atoms with Crippen LogP contribution in [0, 0.1) is 0 Å². The van der Waals surface area contributed by atoms with Gasteiger partial charge in [-0.15, -0.1) is 0 Å². The van der Waals surface area contributed by atoms with Crippen LogP contribution in [0.1, 0.15) is 25.8 Å². The summed E-state index contributed by atoms with van der Waals surface area (Å²) in [7, 11) is 0. The highest BCUT2D eigenvalue weighted by Crippen LogP contribution is 2.45. The number of hydrogen-bond donors (Lipinski definition) is 1. The number of benzene rings is 2. The minimum Gasteiger partial charge on any atom is -0.354 e. The summed E-state index contributed by atoms with van der Waals surface area (Å²) in [6.07, 6.45) is 2.18. The molecule has 1 heterocycles. The first-order valence-electron chi connectivity index (χ1n) is 8.30. The van der Waals surface area contributed by atoms with E-state index < -0.39 is 0 Å². The Balaban J connectivity index is 1.72. The van der Waals surface area contributed by atoms with Gasteiger partial charge in [-0.3, -0.25) is 0 Å².